The van der Waals surface area contributed by atoms with Gasteiger partial charge in [0.15, 0.2) is 5.82 Å². The number of aliphatic hydroxyl groups is 1. The number of aromatic nitrogens is 5. The zero-order chi connectivity index (χ0) is 49.3. The van der Waals surface area contributed by atoms with E-state index in [4.69, 9.17) is 16.1 Å². The fraction of sp³-hybridized carbons (Fsp3) is 0.472. The number of rotatable bonds is 11. The molecule has 16 nitrogen and oxygen atoms in total. The molecule has 3 N–H and O–H groups in total. The maximum atomic E-state index is 17.1. The number of aromatic hydroxyl groups is 1. The average molecular weight is 969 g/mol. The molecule has 0 spiro atoms. The molecule has 1 aliphatic carbocycles. The van der Waals surface area contributed by atoms with Gasteiger partial charge in [-0.1, -0.05) is 12.0 Å². The van der Waals surface area contributed by atoms with Crippen molar-refractivity contribution in [1.29, 1.82) is 0 Å². The number of piperidine rings is 3. The van der Waals surface area contributed by atoms with Crippen LogP contribution in [0.3, 0.4) is 0 Å². The van der Waals surface area contributed by atoms with Gasteiger partial charge in [0.25, 0.3) is 0 Å². The van der Waals surface area contributed by atoms with E-state index < -0.39 is 29.2 Å². The van der Waals surface area contributed by atoms with E-state index in [1.165, 1.54) is 35.0 Å². The summed E-state index contributed by atoms with van der Waals surface area (Å²) in [6, 6.07) is 10.8. The Bertz CT molecular complexity index is 3220. The second-order valence-corrected chi connectivity index (χ2v) is 20.8. The zero-order valence-electron chi connectivity index (χ0n) is 40.1. The lowest BCUT2D eigenvalue weighted by Gasteiger charge is -2.40. The van der Waals surface area contributed by atoms with Gasteiger partial charge in [-0.05, 0) is 99.6 Å². The van der Waals surface area contributed by atoms with Gasteiger partial charge in [-0.2, -0.15) is 9.97 Å². The maximum Gasteiger partial charge on any atom is 0.329 e. The molecule has 18 heteroatoms. The number of hydrogen-bond donors (Lipinski definition) is 3. The lowest BCUT2D eigenvalue weighted by Crippen LogP contribution is -2.50. The summed E-state index contributed by atoms with van der Waals surface area (Å²) in [6.07, 6.45) is 13.1. The minimum atomic E-state index is -0.989. The van der Waals surface area contributed by atoms with Gasteiger partial charge in [0.05, 0.1) is 34.2 Å². The number of pyridine rings is 1. The number of nitrogens with one attached hydrogen (secondary N) is 1. The van der Waals surface area contributed by atoms with Crippen molar-refractivity contribution in [1.82, 2.24) is 39.2 Å². The number of benzene rings is 3. The summed E-state index contributed by atoms with van der Waals surface area (Å²) in [5.41, 5.74) is 1.01. The van der Waals surface area contributed by atoms with Crippen LogP contribution in [0.15, 0.2) is 53.5 Å². The molecule has 0 radical (unpaired) electrons. The Morgan fingerprint density at radius 3 is 2.42 bits per heavy atom. The highest BCUT2D eigenvalue weighted by atomic mass is 19.1. The molecule has 1 unspecified atom stereocenters. The summed E-state index contributed by atoms with van der Waals surface area (Å²) >= 11 is 0. The smallest absolute Gasteiger partial charge is 0.329 e. The van der Waals surface area contributed by atoms with Gasteiger partial charge in [-0.15, -0.1) is 6.42 Å². The zero-order valence-corrected chi connectivity index (χ0v) is 40.1. The molecule has 5 aliphatic rings. The Hall–Kier alpha value is -6.68. The molecule has 0 bridgehead atoms. The normalized spacial score (nSPS) is 22.3. The predicted octanol–water partition coefficient (Wildman–Crippen LogP) is 5.49. The standard InChI is InChI=1S/C53H58F2N10O6/c1-4-36-39(54)8-6-33-24-35(66)26-37(44(33)36)46-45(55)47-38(27-56-46)48(64-17-5-14-52(2,70)29-64)59-50(58-47)71-31-53(15-16-53)30-62-22-20-61(21-23-62)28-32-12-18-63(19-13-32)34-7-9-40-42(25-34)60(3)51(69)65(40)41-10-11-43(67)57-49(41)68/h1,6-9,24-27,32,41,66,70H,5,10-23,28-31H2,2-3H3,(H,57,67,68)/t41?,52-/m1/s1. The van der Waals surface area contributed by atoms with Crippen molar-refractivity contribution in [3.63, 3.8) is 0 Å². The number of phenolic OH excluding ortho intramolecular Hbond substituents is 1. The second-order valence-electron chi connectivity index (χ2n) is 20.8. The Balaban J connectivity index is 0.735. The Labute approximate surface area is 409 Å². The van der Waals surface area contributed by atoms with Gasteiger partial charge in [0, 0.05) is 107 Å². The topological polar surface area (TPSA) is 174 Å². The number of fused-ring (bicyclic) bond motifs is 3. The number of terminal acetylenes is 1. The minimum absolute atomic E-state index is 0.0158. The van der Waals surface area contributed by atoms with Crippen molar-refractivity contribution in [2.24, 2.45) is 18.4 Å². The van der Waals surface area contributed by atoms with E-state index in [1.54, 1.807) is 18.5 Å². The van der Waals surface area contributed by atoms with E-state index in [2.05, 4.69) is 35.9 Å². The second kappa shape index (κ2) is 18.2. The summed E-state index contributed by atoms with van der Waals surface area (Å²) in [4.78, 5) is 61.2. The lowest BCUT2D eigenvalue weighted by molar-refractivity contribution is -0.135. The molecule has 1 saturated carbocycles. The molecular weight excluding hydrogens is 911 g/mol. The Morgan fingerprint density at radius 2 is 1.69 bits per heavy atom. The largest absolute Gasteiger partial charge is 0.508 e. The summed E-state index contributed by atoms with van der Waals surface area (Å²) in [5, 5.41) is 25.2. The van der Waals surface area contributed by atoms with Crippen LogP contribution >= 0.6 is 0 Å². The van der Waals surface area contributed by atoms with Crippen molar-refractivity contribution in [2.45, 2.75) is 69.9 Å². The van der Waals surface area contributed by atoms with E-state index in [1.807, 2.05) is 23.1 Å². The van der Waals surface area contributed by atoms with Crippen LogP contribution < -0.4 is 25.5 Å². The van der Waals surface area contributed by atoms with Gasteiger partial charge in [0.1, 0.15) is 34.6 Å². The molecule has 71 heavy (non-hydrogen) atoms. The van der Waals surface area contributed by atoms with E-state index in [9.17, 15) is 24.6 Å². The third-order valence-corrected chi connectivity index (χ3v) is 15.6. The number of β-amino-alcohol motifs (C(OH)–C–C–N with tert-alkyl or cyclic N) is 1. The number of amides is 2. The number of aryl methyl sites for hydroxylation is 1. The monoisotopic (exact) mass is 968 g/mol. The van der Waals surface area contributed by atoms with Gasteiger partial charge >= 0.3 is 11.7 Å². The van der Waals surface area contributed by atoms with Gasteiger partial charge in [0.2, 0.25) is 11.8 Å². The third kappa shape index (κ3) is 8.93. The van der Waals surface area contributed by atoms with Crippen LogP contribution in [0, 0.1) is 35.3 Å². The molecule has 11 rings (SSSR count). The quantitative estimate of drug-likeness (QED) is 0.110. The van der Waals surface area contributed by atoms with Crippen LogP contribution in [0.1, 0.15) is 69.9 Å². The molecular formula is C53H58F2N10O6. The first kappa shape index (κ1) is 46.7. The number of halogens is 2. The number of imidazole rings is 1. The van der Waals surface area contributed by atoms with E-state index >= 15 is 8.78 Å². The predicted molar refractivity (Wildman–Crippen MR) is 265 cm³/mol. The van der Waals surface area contributed by atoms with Crippen molar-refractivity contribution < 1.29 is 33.3 Å². The molecule has 5 fully saturated rings. The highest BCUT2D eigenvalue weighted by Gasteiger charge is 2.46. The number of ether oxygens (including phenoxy) is 1. The number of phenols is 1. The number of carbonyl (C=O) groups excluding carboxylic acids is 2. The molecule has 2 atom stereocenters. The number of imide groups is 1. The summed E-state index contributed by atoms with van der Waals surface area (Å²) in [5.74, 6) is 1.01. The van der Waals surface area contributed by atoms with Crippen LogP contribution in [0.4, 0.5) is 20.3 Å². The van der Waals surface area contributed by atoms with Crippen molar-refractivity contribution in [3.8, 4) is 35.4 Å². The SMILES string of the molecule is C#Cc1c(F)ccc2cc(O)cc(-c3ncc4c(N5CCC[C@@](C)(O)C5)nc(OCC5(CN6CCN(CC7CCN(c8ccc9c(c8)n(C)c(=O)n9C8CCC(=O)NC8=O)CC7)CC6)CC5)nc4c3F)c12. The number of hydrogen-bond acceptors (Lipinski definition) is 13. The van der Waals surface area contributed by atoms with E-state index in [-0.39, 0.29) is 69.5 Å². The molecule has 370 valence electrons. The average Bonchev–Trinajstić information content (AvgIpc) is 4.08. The summed E-state index contributed by atoms with van der Waals surface area (Å²) < 4.78 is 41.7. The number of piperazine rings is 1. The fourth-order valence-electron chi connectivity index (χ4n) is 11.5. The lowest BCUT2D eigenvalue weighted by atomic mass is 9.94. The van der Waals surface area contributed by atoms with Crippen LogP contribution in [-0.2, 0) is 16.6 Å². The van der Waals surface area contributed by atoms with E-state index in [0.717, 1.165) is 89.2 Å². The molecule has 4 saturated heterocycles. The van der Waals surface area contributed by atoms with Gasteiger partial charge in [-0.3, -0.25) is 29.0 Å². The Morgan fingerprint density at radius 1 is 0.915 bits per heavy atom. The first-order valence-electron chi connectivity index (χ1n) is 24.8. The number of nitrogens with zero attached hydrogens (tertiary/aromatic N) is 9. The van der Waals surface area contributed by atoms with Crippen molar-refractivity contribution in [3.05, 3.63) is 76.3 Å². The highest BCUT2D eigenvalue weighted by Crippen LogP contribution is 2.47. The third-order valence-electron chi connectivity index (χ3n) is 15.6. The maximum absolute atomic E-state index is 17.1. The molecule has 7 heterocycles. The van der Waals surface area contributed by atoms with E-state index in [0.29, 0.717) is 60.4 Å². The molecule has 6 aromatic rings. The summed E-state index contributed by atoms with van der Waals surface area (Å²) in [6.45, 7) is 10.5. The number of carbonyl (C=O) groups is 2. The van der Waals surface area contributed by atoms with Crippen LogP contribution in [0.2, 0.25) is 0 Å². The number of anilines is 2. The summed E-state index contributed by atoms with van der Waals surface area (Å²) in [7, 11) is 1.73. The van der Waals surface area contributed by atoms with Crippen LogP contribution in [0.25, 0.3) is 44.0 Å². The van der Waals surface area contributed by atoms with Gasteiger partial charge < -0.3 is 34.5 Å². The molecule has 3 aromatic carbocycles. The molecule has 4 aliphatic heterocycles. The highest BCUT2D eigenvalue weighted by molar-refractivity contribution is 6.03. The van der Waals surface area contributed by atoms with Crippen molar-refractivity contribution >= 4 is 56.0 Å². The first-order chi connectivity index (χ1) is 34.2. The molecule has 2 amide bonds. The minimum Gasteiger partial charge on any atom is -0.508 e. The van der Waals surface area contributed by atoms with Crippen LogP contribution in [-0.4, -0.2) is 134 Å². The Kier molecular flexibility index (Phi) is 12.0. The molecule has 3 aromatic heterocycles. The fourth-order valence-corrected chi connectivity index (χ4v) is 11.5. The van der Waals surface area contributed by atoms with Gasteiger partial charge in [-0.25, -0.2) is 13.6 Å². The first-order valence-corrected chi connectivity index (χ1v) is 24.8. The van der Waals surface area contributed by atoms with Crippen molar-refractivity contribution in [2.75, 3.05) is 81.9 Å². The van der Waals surface area contributed by atoms with Crippen LogP contribution in [0.5, 0.6) is 11.8 Å².